The summed E-state index contributed by atoms with van der Waals surface area (Å²) in [5, 5.41) is 3.53. The normalized spacial score (nSPS) is 15.2. The van der Waals surface area contributed by atoms with Crippen LogP contribution in [0.3, 0.4) is 0 Å². The zero-order valence-electron chi connectivity index (χ0n) is 21.2. The average molecular weight is 480 g/mol. The summed E-state index contributed by atoms with van der Waals surface area (Å²) in [4.78, 5) is 1.70. The van der Waals surface area contributed by atoms with Crippen molar-refractivity contribution in [3.8, 4) is 0 Å². The quantitative estimate of drug-likeness (QED) is 0.293. The van der Waals surface area contributed by atoms with E-state index in [2.05, 4.69) is 125 Å². The van der Waals surface area contributed by atoms with Gasteiger partial charge in [0.15, 0.2) is 9.79 Å². The molecule has 0 spiro atoms. The number of aryl methyl sites for hydroxylation is 1. The minimum Gasteiger partial charge on any atom is -0.606 e. The highest BCUT2D eigenvalue weighted by Gasteiger charge is 2.34. The molecule has 1 atom stereocenters. The van der Waals surface area contributed by atoms with Crippen LogP contribution in [-0.2, 0) is 28.4 Å². The number of nitrogens with one attached hydrogen (secondary N) is 1. The van der Waals surface area contributed by atoms with Gasteiger partial charge in [0.25, 0.3) is 0 Å². The van der Waals surface area contributed by atoms with E-state index in [1.54, 1.807) is 0 Å². The molecular formula is C32H33NOS. The third-order valence-corrected chi connectivity index (χ3v) is 9.10. The molecule has 1 unspecified atom stereocenters. The molecule has 4 aromatic carbocycles. The van der Waals surface area contributed by atoms with Crippen LogP contribution in [0.15, 0.2) is 101 Å². The van der Waals surface area contributed by atoms with Crippen LogP contribution in [0, 0.1) is 0 Å². The predicted molar refractivity (Wildman–Crippen MR) is 147 cm³/mol. The van der Waals surface area contributed by atoms with Gasteiger partial charge in [-0.2, -0.15) is 0 Å². The second-order valence-electron chi connectivity index (χ2n) is 10.5. The van der Waals surface area contributed by atoms with Crippen LogP contribution in [0.2, 0.25) is 0 Å². The van der Waals surface area contributed by atoms with Gasteiger partial charge in [0, 0.05) is 22.0 Å². The second kappa shape index (κ2) is 8.89. The van der Waals surface area contributed by atoms with Crippen molar-refractivity contribution in [2.45, 2.75) is 61.7 Å². The van der Waals surface area contributed by atoms with Crippen molar-refractivity contribution in [1.29, 1.82) is 0 Å². The molecule has 0 fully saturated rings. The van der Waals surface area contributed by atoms with Gasteiger partial charge in [-0.25, -0.2) is 0 Å². The van der Waals surface area contributed by atoms with Crippen LogP contribution in [-0.4, -0.2) is 4.55 Å². The number of hydrogen-bond acceptors (Lipinski definition) is 2. The summed E-state index contributed by atoms with van der Waals surface area (Å²) in [5.74, 6) is 0. The molecule has 178 valence electrons. The van der Waals surface area contributed by atoms with Crippen molar-refractivity contribution in [2.75, 3.05) is 5.32 Å². The maximum Gasteiger partial charge on any atom is 0.182 e. The van der Waals surface area contributed by atoms with Crippen LogP contribution in [0.1, 0.15) is 62.4 Å². The minimum atomic E-state index is -1.26. The number of hydrogen-bond donors (Lipinski definition) is 1. The summed E-state index contributed by atoms with van der Waals surface area (Å²) in [7, 11) is 0. The Labute approximate surface area is 212 Å². The molecule has 35 heavy (non-hydrogen) atoms. The predicted octanol–water partition coefficient (Wildman–Crippen LogP) is 8.12. The lowest BCUT2D eigenvalue weighted by Gasteiger charge is -2.31. The second-order valence-corrected chi connectivity index (χ2v) is 11.9. The Balaban J connectivity index is 1.53. The lowest BCUT2D eigenvalue weighted by atomic mass is 9.77. The van der Waals surface area contributed by atoms with Crippen LogP contribution in [0.5, 0.6) is 0 Å². The van der Waals surface area contributed by atoms with E-state index in [-0.39, 0.29) is 10.8 Å². The van der Waals surface area contributed by atoms with E-state index in [0.717, 1.165) is 33.2 Å². The van der Waals surface area contributed by atoms with E-state index >= 15 is 0 Å². The minimum absolute atomic E-state index is 0.186. The van der Waals surface area contributed by atoms with Crippen LogP contribution in [0.25, 0.3) is 0 Å². The van der Waals surface area contributed by atoms with Crippen LogP contribution < -0.4 is 5.32 Å². The molecule has 0 aromatic heterocycles. The number of benzene rings is 4. The number of fused-ring (bicyclic) bond motifs is 2. The topological polar surface area (TPSA) is 35.1 Å². The third kappa shape index (κ3) is 4.17. The smallest absolute Gasteiger partial charge is 0.182 e. The first kappa shape index (κ1) is 23.7. The van der Waals surface area contributed by atoms with Crippen molar-refractivity contribution in [2.24, 2.45) is 0 Å². The number of anilines is 2. The summed E-state index contributed by atoms with van der Waals surface area (Å²) in [6.07, 6.45) is 1.01. The standard InChI is InChI=1S/C32H33NOS/c1-6-22-11-10-14-24(19-22)32(4,5)26-16-18-28-30(21-26)35(34)29-20-25(15-17-27(29)33-28)31(2,3)23-12-8-7-9-13-23/h7-21,33H,6H2,1-5H3. The zero-order valence-corrected chi connectivity index (χ0v) is 22.0. The molecule has 0 bridgehead atoms. The van der Waals surface area contributed by atoms with Gasteiger partial charge in [-0.15, -0.1) is 0 Å². The van der Waals surface area contributed by atoms with Gasteiger partial charge in [0.1, 0.15) is 0 Å². The summed E-state index contributed by atoms with van der Waals surface area (Å²) in [6.45, 7) is 11.1. The molecule has 1 aliphatic heterocycles. The fourth-order valence-corrected chi connectivity index (χ4v) is 6.31. The lowest BCUT2D eigenvalue weighted by molar-refractivity contribution is 0.591. The van der Waals surface area contributed by atoms with Crippen molar-refractivity contribution in [3.05, 3.63) is 119 Å². The molecule has 1 N–H and O–H groups in total. The van der Waals surface area contributed by atoms with E-state index in [1.807, 2.05) is 6.07 Å². The maximum atomic E-state index is 13.9. The molecule has 4 aromatic rings. The molecule has 0 saturated carbocycles. The summed E-state index contributed by atoms with van der Waals surface area (Å²) >= 11 is -1.26. The Kier molecular flexibility index (Phi) is 6.03. The molecule has 1 aliphatic rings. The van der Waals surface area contributed by atoms with Crippen LogP contribution in [0.4, 0.5) is 11.4 Å². The first-order valence-corrected chi connectivity index (χ1v) is 13.5. The monoisotopic (exact) mass is 479 g/mol. The van der Waals surface area contributed by atoms with E-state index in [4.69, 9.17) is 0 Å². The molecule has 3 heteroatoms. The fourth-order valence-electron chi connectivity index (χ4n) is 4.97. The summed E-state index contributed by atoms with van der Waals surface area (Å²) < 4.78 is 13.9. The molecule has 5 rings (SSSR count). The Morgan fingerprint density at radius 2 is 1.14 bits per heavy atom. The first-order valence-electron chi connectivity index (χ1n) is 12.3. The average Bonchev–Trinajstić information content (AvgIpc) is 2.89. The molecule has 2 nitrogen and oxygen atoms in total. The highest BCUT2D eigenvalue weighted by atomic mass is 32.2. The van der Waals surface area contributed by atoms with E-state index in [0.29, 0.717) is 0 Å². The zero-order chi connectivity index (χ0) is 24.8. The molecule has 0 aliphatic carbocycles. The largest absolute Gasteiger partial charge is 0.606 e. The van der Waals surface area contributed by atoms with Gasteiger partial charge in [0.2, 0.25) is 0 Å². The van der Waals surface area contributed by atoms with Gasteiger partial charge in [-0.05, 0) is 58.5 Å². The highest BCUT2D eigenvalue weighted by Crippen LogP contribution is 2.44. The Morgan fingerprint density at radius 3 is 1.71 bits per heavy atom. The Morgan fingerprint density at radius 1 is 0.629 bits per heavy atom. The van der Waals surface area contributed by atoms with Crippen LogP contribution >= 0.6 is 0 Å². The molecular weight excluding hydrogens is 446 g/mol. The van der Waals surface area contributed by atoms with Gasteiger partial charge < -0.3 is 9.87 Å². The van der Waals surface area contributed by atoms with Gasteiger partial charge in [0.05, 0.1) is 11.4 Å². The molecule has 0 amide bonds. The van der Waals surface area contributed by atoms with E-state index < -0.39 is 11.2 Å². The van der Waals surface area contributed by atoms with Crippen molar-refractivity contribution >= 4 is 22.6 Å². The Bertz CT molecular complexity index is 1370. The Hall–Kier alpha value is -3.01. The van der Waals surface area contributed by atoms with Crippen molar-refractivity contribution in [3.63, 3.8) is 0 Å². The molecule has 1 heterocycles. The first-order chi connectivity index (χ1) is 16.7. The van der Waals surface area contributed by atoms with Crippen molar-refractivity contribution < 1.29 is 4.55 Å². The number of rotatable bonds is 5. The van der Waals surface area contributed by atoms with Crippen molar-refractivity contribution in [1.82, 2.24) is 0 Å². The van der Waals surface area contributed by atoms with E-state index in [9.17, 15) is 4.55 Å². The van der Waals surface area contributed by atoms with Gasteiger partial charge in [-0.1, -0.05) is 101 Å². The summed E-state index contributed by atoms with van der Waals surface area (Å²) in [6, 6.07) is 32.0. The lowest BCUT2D eigenvalue weighted by Crippen LogP contribution is -2.22. The molecule has 0 radical (unpaired) electrons. The SMILES string of the molecule is CCc1cccc(C(C)(C)c2ccc3c(c2)[S+]([O-])c2cc(C(C)(C)c4ccccc4)ccc2N3)c1. The highest BCUT2D eigenvalue weighted by molar-refractivity contribution is 7.92. The van der Waals surface area contributed by atoms with Gasteiger partial charge in [-0.3, -0.25) is 0 Å². The van der Waals surface area contributed by atoms with E-state index in [1.165, 1.54) is 22.3 Å². The fraction of sp³-hybridized carbons (Fsp3) is 0.250. The van der Waals surface area contributed by atoms with Gasteiger partial charge >= 0.3 is 0 Å². The third-order valence-electron chi connectivity index (χ3n) is 7.63. The summed E-state index contributed by atoms with van der Waals surface area (Å²) in [5.41, 5.74) is 7.65. The molecule has 0 saturated heterocycles. The maximum absolute atomic E-state index is 13.9.